The monoisotopic (exact) mass is 377 g/mol. The van der Waals surface area contributed by atoms with Gasteiger partial charge in [0.25, 0.3) is 5.91 Å². The number of carbonyl (C=O) groups excluding carboxylic acids is 1. The fourth-order valence-electron chi connectivity index (χ4n) is 4.50. The molecular weight excluding hydrogens is 346 g/mol. The van der Waals surface area contributed by atoms with Gasteiger partial charge in [-0.2, -0.15) is 0 Å². The Morgan fingerprint density at radius 1 is 0.964 bits per heavy atom. The van der Waals surface area contributed by atoms with E-state index in [1.165, 1.54) is 24.1 Å². The topological polar surface area (TPSA) is 26.8 Å². The average molecular weight is 378 g/mol. The van der Waals surface area contributed by atoms with Gasteiger partial charge < -0.3 is 9.80 Å². The van der Waals surface area contributed by atoms with Crippen LogP contribution in [-0.2, 0) is 6.54 Å². The Morgan fingerprint density at radius 2 is 1.68 bits per heavy atom. The first kappa shape index (κ1) is 19.0. The minimum Gasteiger partial charge on any atom is -0.372 e. The fraction of sp³-hybridized carbons (Fsp3) is 0.458. The van der Waals surface area contributed by atoms with E-state index >= 15 is 0 Å². The Kier molecular flexibility index (Phi) is 5.96. The highest BCUT2D eigenvalue weighted by Crippen LogP contribution is 2.23. The van der Waals surface area contributed by atoms with Gasteiger partial charge in [0.05, 0.1) is 0 Å². The number of carbonyl (C=O) groups is 1. The average Bonchev–Trinajstić information content (AvgIpc) is 3.29. The van der Waals surface area contributed by atoms with E-state index in [-0.39, 0.29) is 5.91 Å². The second-order valence-corrected chi connectivity index (χ2v) is 8.17. The molecule has 2 aromatic carbocycles. The second-order valence-electron chi connectivity index (χ2n) is 8.17. The Hall–Kier alpha value is -2.33. The number of piperidine rings is 1. The number of hydrogen-bond acceptors (Lipinski definition) is 3. The number of rotatable bonds is 5. The van der Waals surface area contributed by atoms with Crippen LogP contribution in [-0.4, -0.2) is 55.0 Å². The molecule has 2 heterocycles. The minimum absolute atomic E-state index is 0.185. The van der Waals surface area contributed by atoms with Crippen LogP contribution in [0.1, 0.15) is 41.6 Å². The molecule has 0 spiro atoms. The Morgan fingerprint density at radius 3 is 2.39 bits per heavy atom. The molecule has 2 aliphatic heterocycles. The summed E-state index contributed by atoms with van der Waals surface area (Å²) in [7, 11) is 2.20. The molecule has 2 fully saturated rings. The summed E-state index contributed by atoms with van der Waals surface area (Å²) < 4.78 is 0. The van der Waals surface area contributed by atoms with Crippen molar-refractivity contribution in [3.63, 3.8) is 0 Å². The van der Waals surface area contributed by atoms with E-state index in [4.69, 9.17) is 0 Å². The van der Waals surface area contributed by atoms with Gasteiger partial charge in [-0.25, -0.2) is 0 Å². The summed E-state index contributed by atoms with van der Waals surface area (Å²) >= 11 is 0. The molecule has 4 nitrogen and oxygen atoms in total. The summed E-state index contributed by atoms with van der Waals surface area (Å²) in [5, 5.41) is 0. The maximum atomic E-state index is 13.0. The number of benzene rings is 2. The predicted molar refractivity (Wildman–Crippen MR) is 115 cm³/mol. The lowest BCUT2D eigenvalue weighted by Crippen LogP contribution is -2.45. The van der Waals surface area contributed by atoms with Crippen LogP contribution in [0, 0.1) is 0 Å². The molecule has 2 aliphatic rings. The summed E-state index contributed by atoms with van der Waals surface area (Å²) in [6.45, 7) is 4.87. The lowest BCUT2D eigenvalue weighted by atomic mass is 10.0. The quantitative estimate of drug-likeness (QED) is 0.787. The summed E-state index contributed by atoms with van der Waals surface area (Å²) in [5.74, 6) is 0.185. The maximum Gasteiger partial charge on any atom is 0.253 e. The second kappa shape index (κ2) is 8.78. The zero-order valence-corrected chi connectivity index (χ0v) is 16.9. The molecule has 4 heteroatoms. The first-order valence-corrected chi connectivity index (χ1v) is 10.6. The first-order valence-electron chi connectivity index (χ1n) is 10.6. The number of amides is 1. The SMILES string of the molecule is CN(Cc1ccccc1)C1CCN(C(=O)c2cccc(N3CCCC3)c2)CC1. The van der Waals surface area contributed by atoms with Gasteiger partial charge in [0, 0.05) is 50.0 Å². The highest BCUT2D eigenvalue weighted by molar-refractivity contribution is 5.95. The predicted octanol–water partition coefficient (Wildman–Crippen LogP) is 4.02. The summed E-state index contributed by atoms with van der Waals surface area (Å²) in [4.78, 5) is 19.9. The lowest BCUT2D eigenvalue weighted by Gasteiger charge is -2.37. The van der Waals surface area contributed by atoms with Crippen molar-refractivity contribution in [1.82, 2.24) is 9.80 Å². The van der Waals surface area contributed by atoms with E-state index in [2.05, 4.69) is 59.3 Å². The summed E-state index contributed by atoms with van der Waals surface area (Å²) in [6, 6.07) is 19.4. The number of nitrogens with zero attached hydrogens (tertiary/aromatic N) is 3. The zero-order chi connectivity index (χ0) is 19.3. The molecule has 148 valence electrons. The van der Waals surface area contributed by atoms with Gasteiger partial charge in [0.1, 0.15) is 0 Å². The van der Waals surface area contributed by atoms with Crippen molar-refractivity contribution in [3.05, 3.63) is 65.7 Å². The molecule has 0 unspecified atom stereocenters. The van der Waals surface area contributed by atoms with Crippen LogP contribution in [0.5, 0.6) is 0 Å². The van der Waals surface area contributed by atoms with Crippen LogP contribution in [0.15, 0.2) is 54.6 Å². The fourth-order valence-corrected chi connectivity index (χ4v) is 4.50. The number of likely N-dealkylation sites (tertiary alicyclic amines) is 1. The van der Waals surface area contributed by atoms with Crippen LogP contribution in [0.4, 0.5) is 5.69 Å². The van der Waals surface area contributed by atoms with Crippen LogP contribution < -0.4 is 4.90 Å². The van der Waals surface area contributed by atoms with Crippen molar-refractivity contribution in [1.29, 1.82) is 0 Å². The van der Waals surface area contributed by atoms with Crippen molar-refractivity contribution < 1.29 is 4.79 Å². The molecule has 0 N–H and O–H groups in total. The number of anilines is 1. The van der Waals surface area contributed by atoms with Crippen molar-refractivity contribution >= 4 is 11.6 Å². The smallest absolute Gasteiger partial charge is 0.253 e. The molecule has 0 atom stereocenters. The van der Waals surface area contributed by atoms with Crippen LogP contribution in [0.3, 0.4) is 0 Å². The molecule has 0 radical (unpaired) electrons. The third kappa shape index (κ3) is 4.39. The van der Waals surface area contributed by atoms with Crippen LogP contribution in [0.25, 0.3) is 0 Å². The molecule has 0 aliphatic carbocycles. The zero-order valence-electron chi connectivity index (χ0n) is 16.9. The highest BCUT2D eigenvalue weighted by atomic mass is 16.2. The van der Waals surface area contributed by atoms with E-state index < -0.39 is 0 Å². The molecule has 4 rings (SSSR count). The molecule has 0 bridgehead atoms. The van der Waals surface area contributed by atoms with E-state index in [9.17, 15) is 4.79 Å². The molecule has 2 aromatic rings. The van der Waals surface area contributed by atoms with Crippen molar-refractivity contribution in [3.8, 4) is 0 Å². The minimum atomic E-state index is 0.185. The van der Waals surface area contributed by atoms with Crippen molar-refractivity contribution in [2.24, 2.45) is 0 Å². The van der Waals surface area contributed by atoms with Crippen molar-refractivity contribution in [2.45, 2.75) is 38.3 Å². The third-order valence-corrected chi connectivity index (χ3v) is 6.21. The van der Waals surface area contributed by atoms with Gasteiger partial charge in [-0.15, -0.1) is 0 Å². The van der Waals surface area contributed by atoms with Gasteiger partial charge in [0.15, 0.2) is 0 Å². The van der Waals surface area contributed by atoms with Crippen LogP contribution in [0.2, 0.25) is 0 Å². The van der Waals surface area contributed by atoms with Crippen LogP contribution >= 0.6 is 0 Å². The van der Waals surface area contributed by atoms with Crippen molar-refractivity contribution in [2.75, 3.05) is 38.1 Å². The first-order chi connectivity index (χ1) is 13.7. The Balaban J connectivity index is 1.33. The standard InChI is InChI=1S/C24H31N3O/c1-25(19-20-8-3-2-4-9-20)22-12-16-27(17-13-22)24(28)21-10-7-11-23(18-21)26-14-5-6-15-26/h2-4,7-11,18,22H,5-6,12-17,19H2,1H3. The van der Waals surface area contributed by atoms with Gasteiger partial charge in [-0.1, -0.05) is 36.4 Å². The Bertz CT molecular complexity index is 777. The third-order valence-electron chi connectivity index (χ3n) is 6.21. The van der Waals surface area contributed by atoms with Gasteiger partial charge in [-0.05, 0) is 56.5 Å². The van der Waals surface area contributed by atoms with E-state index in [1.54, 1.807) is 0 Å². The summed E-state index contributed by atoms with van der Waals surface area (Å²) in [5.41, 5.74) is 3.38. The largest absolute Gasteiger partial charge is 0.372 e. The van der Waals surface area contributed by atoms with E-state index in [1.807, 2.05) is 17.0 Å². The van der Waals surface area contributed by atoms with Gasteiger partial charge >= 0.3 is 0 Å². The number of hydrogen-bond donors (Lipinski definition) is 0. The highest BCUT2D eigenvalue weighted by Gasteiger charge is 2.26. The van der Waals surface area contributed by atoms with E-state index in [0.29, 0.717) is 6.04 Å². The molecule has 0 aromatic heterocycles. The van der Waals surface area contributed by atoms with E-state index in [0.717, 1.165) is 51.1 Å². The molecule has 28 heavy (non-hydrogen) atoms. The van der Waals surface area contributed by atoms with Gasteiger partial charge in [0.2, 0.25) is 0 Å². The lowest BCUT2D eigenvalue weighted by molar-refractivity contribution is 0.0639. The van der Waals surface area contributed by atoms with Gasteiger partial charge in [-0.3, -0.25) is 9.69 Å². The maximum absolute atomic E-state index is 13.0. The normalized spacial score (nSPS) is 18.1. The molecule has 2 saturated heterocycles. The summed E-state index contributed by atoms with van der Waals surface area (Å²) in [6.07, 6.45) is 4.59. The molecule has 1 amide bonds. The molecule has 0 saturated carbocycles. The Labute approximate surface area is 168 Å². The molecular formula is C24H31N3O.